The summed E-state index contributed by atoms with van der Waals surface area (Å²) < 4.78 is 5.52. The average molecular weight is 166 g/mol. The number of nitrogens with one attached hydrogen (secondary N) is 1. The molecule has 1 radical (unpaired) electrons. The van der Waals surface area contributed by atoms with E-state index in [1.54, 1.807) is 5.98 Å². The van der Waals surface area contributed by atoms with E-state index in [4.69, 9.17) is 4.74 Å². The van der Waals surface area contributed by atoms with Crippen LogP contribution < -0.4 is 5.32 Å². The monoisotopic (exact) mass is 166 g/mol. The Kier molecular flexibility index (Phi) is 8.25. The maximum atomic E-state index is 5.52. The third kappa shape index (κ3) is 6.23. The van der Waals surface area contributed by atoms with Crippen molar-refractivity contribution in [3.05, 3.63) is 18.3 Å². The molecule has 1 atom stereocenters. The second kappa shape index (κ2) is 8.60. The van der Waals surface area contributed by atoms with Gasteiger partial charge < -0.3 is 10.1 Å². The molecule has 0 spiro atoms. The Labute approximate surface area is 75.9 Å². The van der Waals surface area contributed by atoms with E-state index >= 15 is 0 Å². The quantitative estimate of drug-likeness (QED) is 0.345. The summed E-state index contributed by atoms with van der Waals surface area (Å²) in [7, 11) is 3.84. The van der Waals surface area contributed by atoms with Gasteiger partial charge in [-0.15, -0.1) is 5.73 Å². The van der Waals surface area contributed by atoms with E-state index in [1.807, 2.05) is 14.3 Å². The van der Waals surface area contributed by atoms with Crippen molar-refractivity contribution in [2.75, 3.05) is 20.1 Å². The summed E-state index contributed by atoms with van der Waals surface area (Å²) in [5.74, 6) is 1.77. The van der Waals surface area contributed by atoms with Crippen LogP contribution in [-0.2, 0) is 4.74 Å². The van der Waals surface area contributed by atoms with E-state index in [1.165, 1.54) is 0 Å². The van der Waals surface area contributed by atoms with E-state index in [-0.39, 0.29) is 0 Å². The first kappa shape index (κ1) is 11.5. The molecule has 1 N–H and O–H groups in total. The van der Waals surface area contributed by atoms with Crippen molar-refractivity contribution in [3.8, 4) is 0 Å². The van der Waals surface area contributed by atoms with Gasteiger partial charge in [0.2, 0.25) is 0 Å². The molecule has 0 aliphatic carbocycles. The largest absolute Gasteiger partial charge is 0.385 e. The van der Waals surface area contributed by atoms with Crippen molar-refractivity contribution < 1.29 is 4.74 Å². The Morgan fingerprint density at radius 3 is 3.00 bits per heavy atom. The van der Waals surface area contributed by atoms with Crippen molar-refractivity contribution in [1.29, 1.82) is 0 Å². The molecule has 12 heavy (non-hydrogen) atoms. The van der Waals surface area contributed by atoms with Crippen LogP contribution in [0.15, 0.2) is 18.3 Å². The summed E-state index contributed by atoms with van der Waals surface area (Å²) in [6.45, 7) is 7.12. The molecule has 0 aromatic heterocycles. The van der Waals surface area contributed by atoms with Crippen LogP contribution in [0.2, 0.25) is 0 Å². The summed E-state index contributed by atoms with van der Waals surface area (Å²) in [4.78, 5) is 0. The minimum atomic E-state index is 0.310. The molecule has 0 saturated heterocycles. The lowest BCUT2D eigenvalue weighted by atomic mass is 9.81. The van der Waals surface area contributed by atoms with Gasteiger partial charge in [0.05, 0.1) is 6.10 Å². The molecule has 0 heterocycles. The van der Waals surface area contributed by atoms with Gasteiger partial charge in [0, 0.05) is 13.1 Å². The van der Waals surface area contributed by atoms with Crippen LogP contribution >= 0.6 is 0 Å². The van der Waals surface area contributed by atoms with Crippen molar-refractivity contribution in [2.24, 2.45) is 0 Å². The molecule has 0 bridgehead atoms. The minimum Gasteiger partial charge on any atom is -0.385 e. The Morgan fingerprint density at radius 1 is 1.75 bits per heavy atom. The van der Waals surface area contributed by atoms with Gasteiger partial charge in [0.1, 0.15) is 0 Å². The Morgan fingerprint density at radius 2 is 2.50 bits per heavy atom. The first-order chi connectivity index (χ1) is 5.85. The van der Waals surface area contributed by atoms with Gasteiger partial charge in [0.25, 0.3) is 0 Å². The normalized spacial score (nSPS) is 11.8. The number of hydrogen-bond acceptors (Lipinski definition) is 2. The molecular weight excluding hydrogens is 149 g/mol. The maximum absolute atomic E-state index is 5.52. The molecule has 0 aromatic rings. The standard InChI is InChI=1S/C9H17BNO/c1-4-6-10-8-12-9(5-2)7-11-3/h6,9,11H,1,5,7-8H2,2-3H3. The van der Waals surface area contributed by atoms with Gasteiger partial charge in [-0.05, 0) is 13.5 Å². The van der Waals surface area contributed by atoms with Gasteiger partial charge in [-0.3, -0.25) is 0 Å². The summed E-state index contributed by atoms with van der Waals surface area (Å²) in [5, 5.41) is 3.08. The van der Waals surface area contributed by atoms with E-state index in [0.29, 0.717) is 12.6 Å². The smallest absolute Gasteiger partial charge is 0.186 e. The molecule has 0 aliphatic rings. The van der Waals surface area contributed by atoms with Gasteiger partial charge in [-0.25, -0.2) is 0 Å². The number of ether oxygens (including phenoxy) is 1. The highest BCUT2D eigenvalue weighted by atomic mass is 16.5. The summed E-state index contributed by atoms with van der Waals surface area (Å²) >= 11 is 0. The van der Waals surface area contributed by atoms with Crippen LogP contribution in [0.1, 0.15) is 13.3 Å². The molecule has 2 nitrogen and oxygen atoms in total. The van der Waals surface area contributed by atoms with E-state index < -0.39 is 0 Å². The van der Waals surface area contributed by atoms with Gasteiger partial charge in [-0.2, -0.15) is 0 Å². The predicted octanol–water partition coefficient (Wildman–Crippen LogP) is 0.961. The molecule has 0 aliphatic heterocycles. The Balaban J connectivity index is 3.36. The molecule has 1 unspecified atom stereocenters. The minimum absolute atomic E-state index is 0.310. The van der Waals surface area contributed by atoms with Crippen molar-refractivity contribution >= 4 is 7.28 Å². The van der Waals surface area contributed by atoms with Crippen LogP contribution in [0.4, 0.5) is 0 Å². The molecular formula is C9H17BNO. The van der Waals surface area contributed by atoms with Crippen LogP contribution in [-0.4, -0.2) is 33.5 Å². The summed E-state index contributed by atoms with van der Waals surface area (Å²) in [6.07, 6.45) is 1.34. The molecule has 67 valence electrons. The number of hydrogen-bond donors (Lipinski definition) is 1. The third-order valence-corrected chi connectivity index (χ3v) is 1.55. The van der Waals surface area contributed by atoms with Gasteiger partial charge in [0.15, 0.2) is 7.28 Å². The summed E-state index contributed by atoms with van der Waals surface area (Å²) in [5.41, 5.74) is 2.67. The van der Waals surface area contributed by atoms with E-state index in [2.05, 4.69) is 24.6 Å². The van der Waals surface area contributed by atoms with Crippen LogP contribution in [0, 0.1) is 0 Å². The predicted molar refractivity (Wildman–Crippen MR) is 53.4 cm³/mol. The fourth-order valence-corrected chi connectivity index (χ4v) is 0.872. The average Bonchev–Trinajstić information content (AvgIpc) is 2.10. The molecule has 0 fully saturated rings. The zero-order valence-corrected chi connectivity index (χ0v) is 7.97. The van der Waals surface area contributed by atoms with Gasteiger partial charge >= 0.3 is 0 Å². The van der Waals surface area contributed by atoms with Gasteiger partial charge in [-0.1, -0.05) is 19.5 Å². The number of likely N-dealkylation sites (N-methyl/N-ethyl adjacent to an activating group) is 1. The molecule has 0 aromatic carbocycles. The Hall–Kier alpha value is -0.495. The zero-order valence-electron chi connectivity index (χ0n) is 7.97. The van der Waals surface area contributed by atoms with Crippen LogP contribution in [0.25, 0.3) is 0 Å². The Bertz CT molecular complexity index is 143. The third-order valence-electron chi connectivity index (χ3n) is 1.55. The fourth-order valence-electron chi connectivity index (χ4n) is 0.872. The van der Waals surface area contributed by atoms with Crippen LogP contribution in [0.5, 0.6) is 0 Å². The highest BCUT2D eigenvalue weighted by molar-refractivity contribution is 6.41. The second-order valence-electron chi connectivity index (χ2n) is 2.53. The number of rotatable bonds is 7. The lowest BCUT2D eigenvalue weighted by Crippen LogP contribution is -2.27. The first-order valence-corrected chi connectivity index (χ1v) is 4.29. The second-order valence-corrected chi connectivity index (χ2v) is 2.53. The molecule has 0 saturated carbocycles. The molecule has 3 heteroatoms. The molecule has 0 amide bonds. The van der Waals surface area contributed by atoms with Crippen molar-refractivity contribution in [3.63, 3.8) is 0 Å². The fraction of sp³-hybridized carbons (Fsp3) is 0.667. The SMILES string of the molecule is C=C=C[B]COC(CC)CNC. The van der Waals surface area contributed by atoms with E-state index in [9.17, 15) is 0 Å². The lowest BCUT2D eigenvalue weighted by Gasteiger charge is -2.14. The highest BCUT2D eigenvalue weighted by Gasteiger charge is 2.03. The summed E-state index contributed by atoms with van der Waals surface area (Å²) in [6, 6.07) is 0. The molecule has 0 rings (SSSR count). The maximum Gasteiger partial charge on any atom is 0.186 e. The van der Waals surface area contributed by atoms with E-state index in [0.717, 1.165) is 13.0 Å². The van der Waals surface area contributed by atoms with Crippen molar-refractivity contribution in [2.45, 2.75) is 19.4 Å². The van der Waals surface area contributed by atoms with Crippen molar-refractivity contribution in [1.82, 2.24) is 5.32 Å². The first-order valence-electron chi connectivity index (χ1n) is 4.29. The van der Waals surface area contributed by atoms with Crippen LogP contribution in [0.3, 0.4) is 0 Å². The zero-order chi connectivity index (χ0) is 9.23. The topological polar surface area (TPSA) is 21.3 Å². The highest BCUT2D eigenvalue weighted by Crippen LogP contribution is 1.94. The lowest BCUT2D eigenvalue weighted by molar-refractivity contribution is 0.0842.